The topological polar surface area (TPSA) is 48.7 Å². The quantitative estimate of drug-likeness (QED) is 0.843. The summed E-state index contributed by atoms with van der Waals surface area (Å²) in [6, 6.07) is 6.23. The summed E-state index contributed by atoms with van der Waals surface area (Å²) in [5.74, 6) is 1.65. The molecule has 0 spiro atoms. The molecule has 16 heavy (non-hydrogen) atoms. The van der Waals surface area contributed by atoms with Crippen molar-refractivity contribution in [2.75, 3.05) is 5.32 Å². The molecule has 3 nitrogen and oxygen atoms in total. The van der Waals surface area contributed by atoms with Crippen LogP contribution in [0, 0.1) is 17.2 Å². The third-order valence-electron chi connectivity index (χ3n) is 3.38. The van der Waals surface area contributed by atoms with E-state index in [9.17, 15) is 0 Å². The highest BCUT2D eigenvalue weighted by atomic mass is 15.0. The van der Waals surface area contributed by atoms with Crippen LogP contribution in [0.4, 0.5) is 5.82 Å². The van der Waals surface area contributed by atoms with Gasteiger partial charge in [0.1, 0.15) is 11.9 Å². The fraction of sp³-hybridized carbons (Fsp3) is 0.538. The number of hydrogen-bond donors (Lipinski definition) is 1. The lowest BCUT2D eigenvalue weighted by Crippen LogP contribution is -2.24. The van der Waals surface area contributed by atoms with E-state index < -0.39 is 0 Å². The molecule has 1 saturated carbocycles. The van der Waals surface area contributed by atoms with Crippen LogP contribution in [-0.2, 0) is 0 Å². The van der Waals surface area contributed by atoms with Crippen molar-refractivity contribution in [3.63, 3.8) is 0 Å². The molecule has 1 atom stereocenters. The van der Waals surface area contributed by atoms with Crippen LogP contribution in [0.5, 0.6) is 0 Å². The lowest BCUT2D eigenvalue weighted by atomic mass is 10.00. The smallest absolute Gasteiger partial charge is 0.126 e. The summed E-state index contributed by atoms with van der Waals surface area (Å²) in [7, 11) is 0. The molecule has 0 amide bonds. The predicted molar refractivity (Wildman–Crippen MR) is 64.0 cm³/mol. The Morgan fingerprint density at radius 1 is 1.44 bits per heavy atom. The van der Waals surface area contributed by atoms with Gasteiger partial charge in [0, 0.05) is 12.2 Å². The predicted octanol–water partition coefficient (Wildman–Crippen LogP) is 2.94. The van der Waals surface area contributed by atoms with Gasteiger partial charge in [0.05, 0.1) is 5.56 Å². The monoisotopic (exact) mass is 215 g/mol. The largest absolute Gasteiger partial charge is 0.367 e. The van der Waals surface area contributed by atoms with Gasteiger partial charge in [-0.3, -0.25) is 0 Å². The van der Waals surface area contributed by atoms with Gasteiger partial charge < -0.3 is 5.32 Å². The Balaban J connectivity index is 1.95. The zero-order valence-corrected chi connectivity index (χ0v) is 9.61. The fourth-order valence-electron chi connectivity index (χ4n) is 2.35. The van der Waals surface area contributed by atoms with E-state index in [1.165, 1.54) is 25.7 Å². The summed E-state index contributed by atoms with van der Waals surface area (Å²) >= 11 is 0. The summed E-state index contributed by atoms with van der Waals surface area (Å²) < 4.78 is 0. The van der Waals surface area contributed by atoms with Crippen molar-refractivity contribution in [3.05, 3.63) is 23.9 Å². The van der Waals surface area contributed by atoms with Gasteiger partial charge in [0.15, 0.2) is 0 Å². The Morgan fingerprint density at radius 2 is 2.19 bits per heavy atom. The second-order valence-electron chi connectivity index (χ2n) is 4.52. The SMILES string of the molecule is CC(Nc1ccc(C#N)cn1)C1CCCC1. The normalized spacial score (nSPS) is 18.0. The first-order valence-corrected chi connectivity index (χ1v) is 5.92. The highest BCUT2D eigenvalue weighted by Crippen LogP contribution is 2.28. The molecule has 1 aliphatic carbocycles. The van der Waals surface area contributed by atoms with Crippen molar-refractivity contribution >= 4 is 5.82 Å². The molecule has 2 rings (SSSR count). The van der Waals surface area contributed by atoms with Crippen LogP contribution in [0.3, 0.4) is 0 Å². The molecule has 0 aromatic carbocycles. The van der Waals surface area contributed by atoms with E-state index in [2.05, 4.69) is 23.3 Å². The standard InChI is InChI=1S/C13H17N3/c1-10(12-4-2-3-5-12)16-13-7-6-11(8-14)9-15-13/h6-7,9-10,12H,2-5H2,1H3,(H,15,16). The number of nitriles is 1. The van der Waals surface area contributed by atoms with Crippen molar-refractivity contribution in [1.82, 2.24) is 4.98 Å². The number of nitrogens with zero attached hydrogens (tertiary/aromatic N) is 2. The van der Waals surface area contributed by atoms with Crippen LogP contribution in [0.25, 0.3) is 0 Å². The number of rotatable bonds is 3. The Kier molecular flexibility index (Phi) is 3.40. The van der Waals surface area contributed by atoms with E-state index >= 15 is 0 Å². The average Bonchev–Trinajstić information content (AvgIpc) is 2.83. The van der Waals surface area contributed by atoms with Gasteiger partial charge in [-0.1, -0.05) is 12.8 Å². The number of pyridine rings is 1. The van der Waals surface area contributed by atoms with Crippen molar-refractivity contribution in [2.45, 2.75) is 38.6 Å². The Labute approximate surface area is 96.5 Å². The fourth-order valence-corrected chi connectivity index (χ4v) is 2.35. The molecule has 0 aliphatic heterocycles. The zero-order chi connectivity index (χ0) is 11.4. The van der Waals surface area contributed by atoms with E-state index in [0.717, 1.165) is 11.7 Å². The first kappa shape index (κ1) is 10.9. The number of anilines is 1. The van der Waals surface area contributed by atoms with E-state index in [0.29, 0.717) is 11.6 Å². The van der Waals surface area contributed by atoms with E-state index in [1.54, 1.807) is 12.3 Å². The second-order valence-corrected chi connectivity index (χ2v) is 4.52. The Bertz CT molecular complexity index is 371. The second kappa shape index (κ2) is 4.98. The molecule has 3 heteroatoms. The van der Waals surface area contributed by atoms with Crippen molar-refractivity contribution < 1.29 is 0 Å². The summed E-state index contributed by atoms with van der Waals surface area (Å²) in [6.07, 6.45) is 6.98. The lowest BCUT2D eigenvalue weighted by Gasteiger charge is -2.20. The van der Waals surface area contributed by atoms with E-state index in [1.807, 2.05) is 6.07 Å². The average molecular weight is 215 g/mol. The van der Waals surface area contributed by atoms with Crippen molar-refractivity contribution in [3.8, 4) is 6.07 Å². The number of hydrogen-bond acceptors (Lipinski definition) is 3. The van der Waals surface area contributed by atoms with Gasteiger partial charge in [0.25, 0.3) is 0 Å². The molecule has 84 valence electrons. The van der Waals surface area contributed by atoms with Gasteiger partial charge in [-0.15, -0.1) is 0 Å². The molecule has 1 heterocycles. The minimum atomic E-state index is 0.475. The zero-order valence-electron chi connectivity index (χ0n) is 9.61. The van der Waals surface area contributed by atoms with Gasteiger partial charge in [-0.2, -0.15) is 5.26 Å². The molecule has 1 aromatic heterocycles. The molecule has 0 bridgehead atoms. The van der Waals surface area contributed by atoms with Crippen LogP contribution >= 0.6 is 0 Å². The minimum Gasteiger partial charge on any atom is -0.367 e. The molecule has 0 radical (unpaired) electrons. The lowest BCUT2D eigenvalue weighted by molar-refractivity contribution is 0.481. The first-order valence-electron chi connectivity index (χ1n) is 5.92. The summed E-state index contributed by atoms with van der Waals surface area (Å²) in [4.78, 5) is 4.23. The molecule has 0 saturated heterocycles. The molecule has 1 N–H and O–H groups in total. The molecule has 1 aliphatic rings. The van der Waals surface area contributed by atoms with Crippen LogP contribution in [0.1, 0.15) is 38.2 Å². The van der Waals surface area contributed by atoms with Gasteiger partial charge in [0.2, 0.25) is 0 Å². The van der Waals surface area contributed by atoms with Crippen LogP contribution in [0.2, 0.25) is 0 Å². The Morgan fingerprint density at radius 3 is 2.75 bits per heavy atom. The Hall–Kier alpha value is -1.56. The van der Waals surface area contributed by atoms with Gasteiger partial charge >= 0.3 is 0 Å². The van der Waals surface area contributed by atoms with Gasteiger partial charge in [-0.25, -0.2) is 4.98 Å². The molecular weight excluding hydrogens is 198 g/mol. The maximum atomic E-state index is 8.67. The number of aromatic nitrogens is 1. The maximum absolute atomic E-state index is 8.67. The molecule has 1 aromatic rings. The van der Waals surface area contributed by atoms with Gasteiger partial charge in [-0.05, 0) is 37.8 Å². The summed E-state index contributed by atoms with van der Waals surface area (Å²) in [6.45, 7) is 2.22. The first-order chi connectivity index (χ1) is 7.79. The van der Waals surface area contributed by atoms with Crippen LogP contribution in [0.15, 0.2) is 18.3 Å². The highest BCUT2D eigenvalue weighted by Gasteiger charge is 2.21. The summed E-state index contributed by atoms with van der Waals surface area (Å²) in [5.41, 5.74) is 0.610. The summed E-state index contributed by atoms with van der Waals surface area (Å²) in [5, 5.41) is 12.1. The van der Waals surface area contributed by atoms with Crippen LogP contribution < -0.4 is 5.32 Å². The molecular formula is C13H17N3. The number of nitrogens with one attached hydrogen (secondary N) is 1. The maximum Gasteiger partial charge on any atom is 0.126 e. The molecule has 1 unspecified atom stereocenters. The third-order valence-corrected chi connectivity index (χ3v) is 3.38. The van der Waals surface area contributed by atoms with Crippen molar-refractivity contribution in [1.29, 1.82) is 5.26 Å². The minimum absolute atomic E-state index is 0.475. The van der Waals surface area contributed by atoms with Crippen LogP contribution in [-0.4, -0.2) is 11.0 Å². The third kappa shape index (κ3) is 2.52. The highest BCUT2D eigenvalue weighted by molar-refractivity contribution is 5.39. The van der Waals surface area contributed by atoms with E-state index in [4.69, 9.17) is 5.26 Å². The molecule has 1 fully saturated rings. The van der Waals surface area contributed by atoms with E-state index in [-0.39, 0.29) is 0 Å². The van der Waals surface area contributed by atoms with Crippen molar-refractivity contribution in [2.24, 2.45) is 5.92 Å².